The van der Waals surface area contributed by atoms with Gasteiger partial charge in [0.2, 0.25) is 17.7 Å². The topological polar surface area (TPSA) is 78.5 Å². The first-order chi connectivity index (χ1) is 16.1. The molecular weight excluding hydrogens is 440 g/mol. The molecule has 2 heterocycles. The third-order valence-electron chi connectivity index (χ3n) is 6.79. The number of nitrogens with zero attached hydrogens (tertiary/aromatic N) is 1. The first kappa shape index (κ1) is 23.9. The van der Waals surface area contributed by atoms with Gasteiger partial charge in [-0.25, -0.2) is 8.78 Å². The van der Waals surface area contributed by atoms with Crippen molar-refractivity contribution in [2.45, 2.75) is 56.5 Å². The number of halogens is 2. The average molecular weight is 470 g/mol. The van der Waals surface area contributed by atoms with Crippen molar-refractivity contribution in [1.82, 2.24) is 15.5 Å². The summed E-state index contributed by atoms with van der Waals surface area (Å²) in [5, 5.41) is 5.82. The Labute approximate surface area is 197 Å². The van der Waals surface area contributed by atoms with Crippen molar-refractivity contribution in [3.63, 3.8) is 0 Å². The van der Waals surface area contributed by atoms with Crippen LogP contribution in [0.15, 0.2) is 48.5 Å². The van der Waals surface area contributed by atoms with E-state index in [0.29, 0.717) is 19.3 Å². The molecule has 0 radical (unpaired) electrons. The molecule has 2 aromatic rings. The van der Waals surface area contributed by atoms with Gasteiger partial charge in [-0.15, -0.1) is 0 Å². The highest BCUT2D eigenvalue weighted by atomic mass is 19.1. The monoisotopic (exact) mass is 469 g/mol. The van der Waals surface area contributed by atoms with E-state index in [1.54, 1.807) is 36.9 Å². The third kappa shape index (κ3) is 4.81. The first-order valence-corrected chi connectivity index (χ1v) is 11.5. The summed E-state index contributed by atoms with van der Waals surface area (Å²) in [6.07, 6.45) is 1.59. The summed E-state index contributed by atoms with van der Waals surface area (Å²) in [6.45, 7) is 3.77. The zero-order valence-electron chi connectivity index (χ0n) is 19.4. The van der Waals surface area contributed by atoms with E-state index in [9.17, 15) is 23.2 Å². The minimum atomic E-state index is -1.25. The fourth-order valence-electron chi connectivity index (χ4n) is 5.22. The predicted octanol–water partition coefficient (Wildman–Crippen LogP) is 3.07. The second-order valence-corrected chi connectivity index (χ2v) is 9.79. The van der Waals surface area contributed by atoms with E-state index in [0.717, 1.165) is 5.56 Å². The Morgan fingerprint density at radius 1 is 1.18 bits per heavy atom. The van der Waals surface area contributed by atoms with Crippen LogP contribution in [0.5, 0.6) is 0 Å². The molecule has 180 valence electrons. The van der Waals surface area contributed by atoms with E-state index >= 15 is 0 Å². The lowest BCUT2D eigenvalue weighted by Crippen LogP contribution is -2.59. The lowest BCUT2D eigenvalue weighted by atomic mass is 9.76. The Balaban J connectivity index is 1.53. The summed E-state index contributed by atoms with van der Waals surface area (Å²) >= 11 is 0. The van der Waals surface area contributed by atoms with E-state index < -0.39 is 22.8 Å². The van der Waals surface area contributed by atoms with E-state index in [2.05, 4.69) is 10.6 Å². The minimum Gasteiger partial charge on any atom is -0.348 e. The van der Waals surface area contributed by atoms with E-state index in [4.69, 9.17) is 0 Å². The zero-order valence-corrected chi connectivity index (χ0v) is 19.4. The number of rotatable bonds is 5. The van der Waals surface area contributed by atoms with Gasteiger partial charge in [-0.2, -0.15) is 0 Å². The number of nitrogens with one attached hydrogen (secondary N) is 2. The Kier molecular flexibility index (Phi) is 6.43. The molecule has 2 fully saturated rings. The molecule has 3 amide bonds. The molecule has 0 saturated carbocycles. The highest BCUT2D eigenvalue weighted by Crippen LogP contribution is 2.42. The molecule has 4 rings (SSSR count). The first-order valence-electron chi connectivity index (χ1n) is 11.5. The number of hydrogen-bond donors (Lipinski definition) is 2. The molecule has 6 nitrogen and oxygen atoms in total. The lowest BCUT2D eigenvalue weighted by Gasteiger charge is -2.39. The Hall–Kier alpha value is -3.29. The second kappa shape index (κ2) is 9.16. The molecule has 2 aromatic carbocycles. The quantitative estimate of drug-likeness (QED) is 0.707. The van der Waals surface area contributed by atoms with Crippen LogP contribution in [0.1, 0.15) is 50.2 Å². The zero-order chi connectivity index (χ0) is 24.5. The SMILES string of the molecule is CC(C)(NC(=O)Cc1ccccc1F)C(=O)N1C[C@@H](c2cccc(F)c2)[C@@]2(CCCC(=O)N2)C1. The van der Waals surface area contributed by atoms with Crippen LogP contribution in [0.2, 0.25) is 0 Å². The fourth-order valence-corrected chi connectivity index (χ4v) is 5.22. The van der Waals surface area contributed by atoms with Gasteiger partial charge in [0.1, 0.15) is 17.2 Å². The molecule has 8 heteroatoms. The van der Waals surface area contributed by atoms with Gasteiger partial charge in [-0.05, 0) is 56.0 Å². The smallest absolute Gasteiger partial charge is 0.247 e. The van der Waals surface area contributed by atoms with Crippen molar-refractivity contribution < 1.29 is 23.2 Å². The molecule has 0 aromatic heterocycles. The minimum absolute atomic E-state index is 0.0839. The van der Waals surface area contributed by atoms with Gasteiger partial charge >= 0.3 is 0 Å². The number of amides is 3. The molecule has 0 bridgehead atoms. The molecule has 2 aliphatic heterocycles. The summed E-state index contributed by atoms with van der Waals surface area (Å²) in [6, 6.07) is 12.3. The van der Waals surface area contributed by atoms with Gasteiger partial charge in [0.15, 0.2) is 0 Å². The van der Waals surface area contributed by atoms with Crippen molar-refractivity contribution in [1.29, 1.82) is 0 Å². The van der Waals surface area contributed by atoms with E-state index in [1.165, 1.54) is 24.3 Å². The number of carbonyl (C=O) groups excluding carboxylic acids is 3. The summed E-state index contributed by atoms with van der Waals surface area (Å²) < 4.78 is 27.9. The van der Waals surface area contributed by atoms with Gasteiger partial charge in [-0.1, -0.05) is 30.3 Å². The van der Waals surface area contributed by atoms with Crippen LogP contribution in [0, 0.1) is 11.6 Å². The highest BCUT2D eigenvalue weighted by Gasteiger charge is 2.52. The molecule has 1 spiro atoms. The van der Waals surface area contributed by atoms with Crippen molar-refractivity contribution >= 4 is 17.7 Å². The molecular formula is C26H29F2N3O3. The maximum Gasteiger partial charge on any atom is 0.247 e. The molecule has 2 N–H and O–H groups in total. The molecule has 0 unspecified atom stereocenters. The normalized spacial score (nSPS) is 22.5. The number of benzene rings is 2. The number of likely N-dealkylation sites (tertiary alicyclic amines) is 1. The van der Waals surface area contributed by atoms with Gasteiger partial charge in [0.05, 0.1) is 12.0 Å². The van der Waals surface area contributed by atoms with Gasteiger partial charge in [0.25, 0.3) is 0 Å². The van der Waals surface area contributed by atoms with Crippen LogP contribution in [0.25, 0.3) is 0 Å². The summed E-state index contributed by atoms with van der Waals surface area (Å²) in [7, 11) is 0. The molecule has 34 heavy (non-hydrogen) atoms. The Morgan fingerprint density at radius 2 is 1.94 bits per heavy atom. The predicted molar refractivity (Wildman–Crippen MR) is 123 cm³/mol. The fraction of sp³-hybridized carbons (Fsp3) is 0.423. The molecule has 0 aliphatic carbocycles. The molecule has 2 saturated heterocycles. The number of hydrogen-bond acceptors (Lipinski definition) is 3. The van der Waals surface area contributed by atoms with Crippen LogP contribution in [0.3, 0.4) is 0 Å². The largest absolute Gasteiger partial charge is 0.348 e. The van der Waals surface area contributed by atoms with E-state index in [-0.39, 0.29) is 48.6 Å². The summed E-state index contributed by atoms with van der Waals surface area (Å²) in [5.41, 5.74) is -0.969. The van der Waals surface area contributed by atoms with Crippen molar-refractivity contribution in [2.75, 3.05) is 13.1 Å². The number of piperidine rings is 1. The van der Waals surface area contributed by atoms with Crippen LogP contribution in [-0.4, -0.2) is 46.8 Å². The Morgan fingerprint density at radius 3 is 2.65 bits per heavy atom. The third-order valence-corrected chi connectivity index (χ3v) is 6.79. The van der Waals surface area contributed by atoms with Crippen molar-refractivity contribution in [3.05, 3.63) is 71.3 Å². The van der Waals surface area contributed by atoms with Crippen molar-refractivity contribution in [2.24, 2.45) is 0 Å². The van der Waals surface area contributed by atoms with Crippen LogP contribution in [-0.2, 0) is 20.8 Å². The van der Waals surface area contributed by atoms with Crippen LogP contribution >= 0.6 is 0 Å². The van der Waals surface area contributed by atoms with Crippen molar-refractivity contribution in [3.8, 4) is 0 Å². The van der Waals surface area contributed by atoms with Gasteiger partial charge in [-0.3, -0.25) is 14.4 Å². The Bertz CT molecular complexity index is 1120. The number of carbonyl (C=O) groups is 3. The standard InChI is InChI=1S/C26H29F2N3O3/c1-25(2,29-23(33)14-18-7-3-4-10-21(18)28)24(34)31-15-20(17-8-5-9-19(27)13-17)26(16-31)12-6-11-22(32)30-26/h3-5,7-10,13,20H,6,11-12,14-16H2,1-2H3,(H,29,33)(H,30,32)/t20-,26+/m0/s1. The highest BCUT2D eigenvalue weighted by molar-refractivity contribution is 5.92. The summed E-state index contributed by atoms with van der Waals surface area (Å²) in [5.74, 6) is -1.99. The average Bonchev–Trinajstić information content (AvgIpc) is 3.12. The lowest BCUT2D eigenvalue weighted by molar-refractivity contribution is -0.140. The van der Waals surface area contributed by atoms with Crippen LogP contribution < -0.4 is 10.6 Å². The molecule has 2 atom stereocenters. The maximum atomic E-state index is 14.0. The van der Waals surface area contributed by atoms with Gasteiger partial charge < -0.3 is 15.5 Å². The maximum absolute atomic E-state index is 14.0. The van der Waals surface area contributed by atoms with E-state index in [1.807, 2.05) is 6.07 Å². The second-order valence-electron chi connectivity index (χ2n) is 9.79. The molecule has 2 aliphatic rings. The van der Waals surface area contributed by atoms with Gasteiger partial charge in [0, 0.05) is 25.4 Å². The summed E-state index contributed by atoms with van der Waals surface area (Å²) in [4.78, 5) is 40.1. The van der Waals surface area contributed by atoms with Crippen LogP contribution in [0.4, 0.5) is 8.78 Å².